The third kappa shape index (κ3) is 2.35. The molecule has 1 heterocycles. The fraction of sp³-hybridized carbons (Fsp3) is 0.474. The van der Waals surface area contributed by atoms with Crippen LogP contribution >= 0.6 is 11.3 Å². The molecule has 21 heavy (non-hydrogen) atoms. The molecule has 4 unspecified atom stereocenters. The molecule has 1 aromatic heterocycles. The predicted molar refractivity (Wildman–Crippen MR) is 87.9 cm³/mol. The van der Waals surface area contributed by atoms with Crippen LogP contribution < -0.4 is 0 Å². The van der Waals surface area contributed by atoms with Gasteiger partial charge in [0, 0.05) is 16.2 Å². The minimum absolute atomic E-state index is 0.172. The van der Waals surface area contributed by atoms with E-state index in [1.54, 1.807) is 0 Å². The second-order valence-corrected chi connectivity index (χ2v) is 7.75. The minimum Gasteiger partial charge on any atom is -0.392 e. The molecule has 1 nitrogen and oxygen atoms in total. The van der Waals surface area contributed by atoms with E-state index in [1.807, 2.05) is 11.3 Å². The highest BCUT2D eigenvalue weighted by molar-refractivity contribution is 7.11. The molecule has 2 aliphatic rings. The van der Waals surface area contributed by atoms with Crippen molar-refractivity contribution in [2.24, 2.45) is 11.8 Å². The molecule has 110 valence electrons. The van der Waals surface area contributed by atoms with E-state index in [9.17, 15) is 5.11 Å². The van der Waals surface area contributed by atoms with E-state index in [0.29, 0.717) is 11.8 Å². The normalized spacial score (nSPS) is 27.8. The Hall–Kier alpha value is -1.12. The van der Waals surface area contributed by atoms with Gasteiger partial charge >= 0.3 is 0 Å². The molecule has 4 atom stereocenters. The van der Waals surface area contributed by atoms with Crippen molar-refractivity contribution in [1.82, 2.24) is 0 Å². The van der Waals surface area contributed by atoms with Gasteiger partial charge in [0.2, 0.25) is 0 Å². The van der Waals surface area contributed by atoms with Gasteiger partial charge < -0.3 is 5.11 Å². The van der Waals surface area contributed by atoms with Crippen molar-refractivity contribution >= 4 is 11.3 Å². The molecule has 0 saturated heterocycles. The summed E-state index contributed by atoms with van der Waals surface area (Å²) in [6.45, 7) is 2.19. The van der Waals surface area contributed by atoms with Crippen LogP contribution in [0.2, 0.25) is 0 Å². The van der Waals surface area contributed by atoms with Gasteiger partial charge in [-0.1, -0.05) is 31.2 Å². The van der Waals surface area contributed by atoms with E-state index in [1.165, 1.54) is 33.7 Å². The molecule has 0 amide bonds. The van der Waals surface area contributed by atoms with E-state index in [-0.39, 0.29) is 6.10 Å². The summed E-state index contributed by atoms with van der Waals surface area (Å²) in [4.78, 5) is 2.77. The van der Waals surface area contributed by atoms with Crippen LogP contribution in [0.5, 0.6) is 0 Å². The van der Waals surface area contributed by atoms with Crippen LogP contribution in [0.4, 0.5) is 0 Å². The number of aliphatic hydroxyl groups is 1. The van der Waals surface area contributed by atoms with Crippen LogP contribution in [0.15, 0.2) is 36.4 Å². The van der Waals surface area contributed by atoms with Crippen LogP contribution in [0.1, 0.15) is 40.1 Å². The maximum Gasteiger partial charge on any atom is 0.0625 e. The minimum atomic E-state index is -0.172. The summed E-state index contributed by atoms with van der Waals surface area (Å²) in [5.41, 5.74) is 3.02. The van der Waals surface area contributed by atoms with Gasteiger partial charge in [0.15, 0.2) is 0 Å². The summed E-state index contributed by atoms with van der Waals surface area (Å²) in [5, 5.41) is 10.7. The number of hydrogen-bond acceptors (Lipinski definition) is 2. The van der Waals surface area contributed by atoms with Crippen molar-refractivity contribution < 1.29 is 5.11 Å². The van der Waals surface area contributed by atoms with Gasteiger partial charge in [-0.25, -0.2) is 0 Å². The van der Waals surface area contributed by atoms with Gasteiger partial charge in [-0.15, -0.1) is 11.3 Å². The topological polar surface area (TPSA) is 20.2 Å². The first-order valence-electron chi connectivity index (χ1n) is 8.11. The van der Waals surface area contributed by atoms with Gasteiger partial charge in [0.05, 0.1) is 6.10 Å². The van der Waals surface area contributed by atoms with Gasteiger partial charge in [-0.3, -0.25) is 0 Å². The molecule has 2 aromatic rings. The highest BCUT2D eigenvalue weighted by Gasteiger charge is 2.55. The van der Waals surface area contributed by atoms with E-state index in [4.69, 9.17) is 0 Å². The van der Waals surface area contributed by atoms with Crippen molar-refractivity contribution in [3.8, 4) is 0 Å². The van der Waals surface area contributed by atoms with Crippen molar-refractivity contribution in [2.45, 2.75) is 44.6 Å². The van der Waals surface area contributed by atoms with Crippen LogP contribution in [0.25, 0.3) is 0 Å². The highest BCUT2D eigenvalue weighted by atomic mass is 32.1. The molecule has 1 N–H and O–H groups in total. The summed E-state index contributed by atoms with van der Waals surface area (Å²) >= 11 is 1.87. The smallest absolute Gasteiger partial charge is 0.0625 e. The second kappa shape index (κ2) is 5.26. The maximum atomic E-state index is 10.7. The molecule has 2 heteroatoms. The zero-order valence-corrected chi connectivity index (χ0v) is 13.3. The SMILES string of the molecule is CCc1ccc(CC(O)C2C3CCc4ccccc4C32)s1. The Kier molecular flexibility index (Phi) is 3.39. The fourth-order valence-corrected chi connectivity index (χ4v) is 5.22. The van der Waals surface area contributed by atoms with Crippen LogP contribution in [0, 0.1) is 11.8 Å². The molecule has 1 fully saturated rings. The van der Waals surface area contributed by atoms with E-state index in [0.717, 1.165) is 18.8 Å². The third-order valence-electron chi connectivity index (χ3n) is 5.31. The lowest BCUT2D eigenvalue weighted by molar-refractivity contribution is 0.144. The van der Waals surface area contributed by atoms with Crippen LogP contribution in [-0.2, 0) is 19.3 Å². The van der Waals surface area contributed by atoms with Crippen molar-refractivity contribution in [3.05, 3.63) is 57.3 Å². The molecule has 0 aliphatic heterocycles. The van der Waals surface area contributed by atoms with Crippen molar-refractivity contribution in [1.29, 1.82) is 0 Å². The first-order chi connectivity index (χ1) is 10.3. The number of hydrogen-bond donors (Lipinski definition) is 1. The zero-order valence-electron chi connectivity index (χ0n) is 12.5. The largest absolute Gasteiger partial charge is 0.392 e. The first kappa shape index (κ1) is 13.5. The number of aryl methyl sites for hydroxylation is 2. The second-order valence-electron chi connectivity index (χ2n) is 6.50. The van der Waals surface area contributed by atoms with Gasteiger partial charge in [0.25, 0.3) is 0 Å². The number of aliphatic hydroxyl groups excluding tert-OH is 1. The lowest BCUT2D eigenvalue weighted by Gasteiger charge is -2.13. The summed E-state index contributed by atoms with van der Waals surface area (Å²) in [7, 11) is 0. The van der Waals surface area contributed by atoms with E-state index in [2.05, 4.69) is 43.3 Å². The molecule has 0 spiro atoms. The number of benzene rings is 1. The quantitative estimate of drug-likeness (QED) is 0.897. The lowest BCUT2D eigenvalue weighted by Crippen LogP contribution is -2.14. The lowest BCUT2D eigenvalue weighted by atomic mass is 9.92. The summed E-state index contributed by atoms with van der Waals surface area (Å²) in [6, 6.07) is 13.2. The Morgan fingerprint density at radius 3 is 2.81 bits per heavy atom. The average Bonchev–Trinajstić information content (AvgIpc) is 3.10. The van der Waals surface area contributed by atoms with Crippen LogP contribution in [-0.4, -0.2) is 11.2 Å². The molecule has 4 rings (SSSR count). The molecule has 0 bridgehead atoms. The van der Waals surface area contributed by atoms with Gasteiger partial charge in [-0.2, -0.15) is 0 Å². The zero-order chi connectivity index (χ0) is 14.4. The van der Waals surface area contributed by atoms with Gasteiger partial charge in [-0.05, 0) is 60.3 Å². The summed E-state index contributed by atoms with van der Waals surface area (Å²) in [5.74, 6) is 1.83. The average molecular weight is 298 g/mol. The number of fused-ring (bicyclic) bond motifs is 3. The Bertz CT molecular complexity index is 645. The van der Waals surface area contributed by atoms with Crippen molar-refractivity contribution in [2.75, 3.05) is 0 Å². The van der Waals surface area contributed by atoms with Crippen molar-refractivity contribution in [3.63, 3.8) is 0 Å². The number of rotatable bonds is 4. The molecule has 2 aliphatic carbocycles. The Morgan fingerprint density at radius 2 is 2.00 bits per heavy atom. The standard InChI is InChI=1S/C19H22OS/c1-2-13-8-9-14(21-13)11-17(20)19-16-10-7-12-5-3-4-6-15(12)18(16)19/h3-6,8-9,16-20H,2,7,10-11H2,1H3. The maximum absolute atomic E-state index is 10.7. The molecular weight excluding hydrogens is 276 g/mol. The van der Waals surface area contributed by atoms with E-state index >= 15 is 0 Å². The highest BCUT2D eigenvalue weighted by Crippen LogP contribution is 2.61. The molecule has 1 saturated carbocycles. The molecule has 1 aromatic carbocycles. The number of thiophene rings is 1. The van der Waals surface area contributed by atoms with Crippen LogP contribution in [0.3, 0.4) is 0 Å². The Morgan fingerprint density at radius 1 is 1.19 bits per heavy atom. The monoisotopic (exact) mass is 298 g/mol. The Labute approximate surface area is 130 Å². The summed E-state index contributed by atoms with van der Waals surface area (Å²) < 4.78 is 0. The Balaban J connectivity index is 1.49. The molecular formula is C19H22OS. The predicted octanol–water partition coefficient (Wildman–Crippen LogP) is 4.19. The first-order valence-corrected chi connectivity index (χ1v) is 8.93. The third-order valence-corrected chi connectivity index (χ3v) is 6.56. The fourth-order valence-electron chi connectivity index (χ4n) is 4.21. The van der Waals surface area contributed by atoms with Gasteiger partial charge in [0.1, 0.15) is 0 Å². The molecule has 0 radical (unpaired) electrons. The van der Waals surface area contributed by atoms with E-state index < -0.39 is 0 Å². The summed E-state index contributed by atoms with van der Waals surface area (Å²) in [6.07, 6.45) is 4.22.